The molecule has 0 fully saturated rings. The van der Waals surface area contributed by atoms with Crippen molar-refractivity contribution in [3.8, 4) is 11.4 Å². The van der Waals surface area contributed by atoms with Gasteiger partial charge < -0.3 is 5.32 Å². The van der Waals surface area contributed by atoms with Crippen molar-refractivity contribution >= 4 is 11.6 Å². The normalized spacial score (nSPS) is 16.1. The number of aromatic nitrogens is 7. The van der Waals surface area contributed by atoms with Crippen LogP contribution in [0.15, 0.2) is 37.2 Å². The summed E-state index contributed by atoms with van der Waals surface area (Å²) in [5.74, 6) is 0.810. The van der Waals surface area contributed by atoms with Crippen LogP contribution in [0, 0.1) is 5.82 Å². The highest BCUT2D eigenvalue weighted by molar-refractivity contribution is 5.62. The molecule has 0 aliphatic heterocycles. The molecular weight excluding hydrogens is 383 g/mol. The van der Waals surface area contributed by atoms with Crippen LogP contribution in [0.2, 0.25) is 0 Å². The predicted octanol–water partition coefficient (Wildman–Crippen LogP) is 3.21. The average Bonchev–Trinajstić information content (AvgIpc) is 3.18. The second-order valence-corrected chi connectivity index (χ2v) is 7.83. The summed E-state index contributed by atoms with van der Waals surface area (Å²) in [5, 5.41) is 8.04. The van der Waals surface area contributed by atoms with Crippen LogP contribution in [0.25, 0.3) is 17.0 Å². The van der Waals surface area contributed by atoms with E-state index in [1.165, 1.54) is 12.3 Å². The smallest absolute Gasteiger partial charge is 0.228 e. The highest BCUT2D eigenvalue weighted by atomic mass is 19.1. The van der Waals surface area contributed by atoms with E-state index >= 15 is 0 Å². The summed E-state index contributed by atoms with van der Waals surface area (Å²) in [7, 11) is 0. The third kappa shape index (κ3) is 3.36. The van der Waals surface area contributed by atoms with Crippen LogP contribution in [-0.4, -0.2) is 40.6 Å². The number of pyridine rings is 1. The summed E-state index contributed by atoms with van der Waals surface area (Å²) in [4.78, 5) is 21.8. The number of anilines is 1. The lowest BCUT2D eigenvalue weighted by Gasteiger charge is -2.25. The Bertz CT molecular complexity index is 1220. The van der Waals surface area contributed by atoms with Gasteiger partial charge in [0.1, 0.15) is 12.1 Å². The van der Waals surface area contributed by atoms with Gasteiger partial charge in [-0.25, -0.2) is 19.3 Å². The largest absolute Gasteiger partial charge is 0.351 e. The van der Waals surface area contributed by atoms with Gasteiger partial charge in [-0.15, -0.1) is 0 Å². The van der Waals surface area contributed by atoms with Crippen LogP contribution in [0.5, 0.6) is 0 Å². The molecule has 1 N–H and O–H groups in total. The lowest BCUT2D eigenvalue weighted by atomic mass is 9.93. The fourth-order valence-electron chi connectivity index (χ4n) is 3.82. The fraction of sp³-hybridized carbons (Fsp3) is 0.333. The molecule has 0 bridgehead atoms. The van der Waals surface area contributed by atoms with E-state index < -0.39 is 5.82 Å². The van der Waals surface area contributed by atoms with Crippen molar-refractivity contribution in [1.29, 1.82) is 0 Å². The monoisotopic (exact) mass is 404 g/mol. The molecule has 5 rings (SSSR count). The Kier molecular flexibility index (Phi) is 4.57. The Balaban J connectivity index is 1.57. The Hall–Kier alpha value is -3.49. The maximum absolute atomic E-state index is 13.8. The minimum Gasteiger partial charge on any atom is -0.351 e. The zero-order chi connectivity index (χ0) is 20.7. The first kappa shape index (κ1) is 18.5. The van der Waals surface area contributed by atoms with Gasteiger partial charge in [-0.2, -0.15) is 14.6 Å². The minimum atomic E-state index is -0.424. The lowest BCUT2D eigenvalue weighted by molar-refractivity contribution is 0.588. The maximum Gasteiger partial charge on any atom is 0.228 e. The zero-order valence-electron chi connectivity index (χ0n) is 16.7. The summed E-state index contributed by atoms with van der Waals surface area (Å²) < 4.78 is 15.5. The summed E-state index contributed by atoms with van der Waals surface area (Å²) in [6.07, 6.45) is 10.6. The van der Waals surface area contributed by atoms with Crippen molar-refractivity contribution in [2.45, 2.75) is 45.1 Å². The molecule has 1 aliphatic rings. The molecule has 1 atom stereocenters. The van der Waals surface area contributed by atoms with Gasteiger partial charge in [0.05, 0.1) is 12.4 Å². The van der Waals surface area contributed by atoms with Gasteiger partial charge >= 0.3 is 0 Å². The van der Waals surface area contributed by atoms with Crippen LogP contribution in [0.3, 0.4) is 0 Å². The summed E-state index contributed by atoms with van der Waals surface area (Å²) in [6.45, 7) is 4.18. The summed E-state index contributed by atoms with van der Waals surface area (Å²) in [6, 6.07) is 1.55. The third-order valence-corrected chi connectivity index (χ3v) is 5.39. The lowest BCUT2D eigenvalue weighted by Crippen LogP contribution is -2.29. The number of hydrogen-bond acceptors (Lipinski definition) is 7. The Labute approximate surface area is 172 Å². The van der Waals surface area contributed by atoms with E-state index in [1.54, 1.807) is 17.0 Å². The van der Waals surface area contributed by atoms with Crippen LogP contribution < -0.4 is 5.32 Å². The van der Waals surface area contributed by atoms with Crippen molar-refractivity contribution in [1.82, 2.24) is 34.5 Å². The van der Waals surface area contributed by atoms with E-state index in [4.69, 9.17) is 0 Å². The highest BCUT2D eigenvalue weighted by Crippen LogP contribution is 2.26. The highest BCUT2D eigenvalue weighted by Gasteiger charge is 2.23. The average molecular weight is 404 g/mol. The molecular formula is C21H21FN8. The quantitative estimate of drug-likeness (QED) is 0.558. The Morgan fingerprint density at radius 1 is 1.13 bits per heavy atom. The molecule has 8 nitrogen and oxygen atoms in total. The molecule has 4 aromatic rings. The van der Waals surface area contributed by atoms with Gasteiger partial charge in [-0.3, -0.25) is 4.98 Å². The molecule has 0 amide bonds. The molecule has 152 valence electrons. The zero-order valence-corrected chi connectivity index (χ0v) is 16.7. The second kappa shape index (κ2) is 7.40. The van der Waals surface area contributed by atoms with E-state index in [2.05, 4.69) is 49.2 Å². The van der Waals surface area contributed by atoms with Gasteiger partial charge in [-0.1, -0.05) is 13.8 Å². The maximum atomic E-state index is 13.8. The van der Waals surface area contributed by atoms with E-state index in [-0.39, 0.29) is 12.0 Å². The number of aryl methyl sites for hydroxylation is 1. The van der Waals surface area contributed by atoms with Crippen LogP contribution in [0.1, 0.15) is 43.0 Å². The molecule has 0 saturated carbocycles. The van der Waals surface area contributed by atoms with Crippen molar-refractivity contribution in [2.24, 2.45) is 0 Å². The first-order chi connectivity index (χ1) is 14.6. The fourth-order valence-corrected chi connectivity index (χ4v) is 3.82. The molecule has 1 aliphatic carbocycles. The number of nitrogens with zero attached hydrogens (tertiary/aromatic N) is 7. The Morgan fingerprint density at radius 2 is 2.03 bits per heavy atom. The van der Waals surface area contributed by atoms with Crippen molar-refractivity contribution in [3.63, 3.8) is 0 Å². The molecule has 4 aromatic heterocycles. The van der Waals surface area contributed by atoms with Crippen LogP contribution in [0.4, 0.5) is 10.3 Å². The minimum absolute atomic E-state index is 0.159. The van der Waals surface area contributed by atoms with Gasteiger partial charge in [-0.05, 0) is 36.8 Å². The predicted molar refractivity (Wildman–Crippen MR) is 110 cm³/mol. The summed E-state index contributed by atoms with van der Waals surface area (Å²) >= 11 is 0. The number of halogens is 1. The van der Waals surface area contributed by atoms with E-state index in [0.717, 1.165) is 36.1 Å². The standard InChI is InChI=1S/C21H21FN8/c1-12(2)17-10-26-30-20(17)28-19(14-5-15(22)9-23-8-14)29-21(30)27-16-3-4-18-13(6-16)7-24-11-25-18/h5,7-12,16H,3-4,6H2,1-2H3,(H,27,28,29)/t16-/m0/s1. The number of fused-ring (bicyclic) bond motifs is 2. The van der Waals surface area contributed by atoms with Crippen molar-refractivity contribution < 1.29 is 4.39 Å². The summed E-state index contributed by atoms with van der Waals surface area (Å²) in [5.41, 5.74) is 4.49. The van der Waals surface area contributed by atoms with Gasteiger partial charge in [0.2, 0.25) is 5.95 Å². The van der Waals surface area contributed by atoms with E-state index in [0.29, 0.717) is 23.0 Å². The molecule has 0 unspecified atom stereocenters. The number of rotatable bonds is 4. The number of nitrogens with one attached hydrogen (secondary N) is 1. The SMILES string of the molecule is CC(C)c1cnn2c(N[C@H]3CCc4ncncc4C3)nc(-c3cncc(F)c3)nc12. The first-order valence-corrected chi connectivity index (χ1v) is 9.99. The third-order valence-electron chi connectivity index (χ3n) is 5.39. The topological polar surface area (TPSA) is 93.8 Å². The van der Waals surface area contributed by atoms with Gasteiger partial charge in [0.15, 0.2) is 11.5 Å². The van der Waals surface area contributed by atoms with Gasteiger partial charge in [0.25, 0.3) is 0 Å². The molecule has 0 spiro atoms. The molecule has 0 radical (unpaired) electrons. The second-order valence-electron chi connectivity index (χ2n) is 7.83. The first-order valence-electron chi connectivity index (χ1n) is 9.99. The molecule has 0 saturated heterocycles. The van der Waals surface area contributed by atoms with Crippen molar-refractivity contribution in [2.75, 3.05) is 5.32 Å². The molecule has 0 aromatic carbocycles. The molecule has 9 heteroatoms. The van der Waals surface area contributed by atoms with E-state index in [9.17, 15) is 4.39 Å². The Morgan fingerprint density at radius 3 is 2.87 bits per heavy atom. The van der Waals surface area contributed by atoms with Crippen LogP contribution >= 0.6 is 0 Å². The van der Waals surface area contributed by atoms with Crippen molar-refractivity contribution in [3.05, 3.63) is 59.8 Å². The van der Waals surface area contributed by atoms with Gasteiger partial charge in [0, 0.05) is 35.3 Å². The van der Waals surface area contributed by atoms with Crippen LogP contribution in [-0.2, 0) is 12.8 Å². The molecule has 30 heavy (non-hydrogen) atoms. The number of hydrogen-bond donors (Lipinski definition) is 1. The van der Waals surface area contributed by atoms with E-state index in [1.807, 2.05) is 12.4 Å². The molecule has 4 heterocycles.